The minimum Gasteiger partial charge on any atom is -0.478 e. The predicted molar refractivity (Wildman–Crippen MR) is 103 cm³/mol. The molecule has 1 unspecified atom stereocenters. The molecule has 2 aromatic rings. The molecule has 3 nitrogen and oxygen atoms in total. The van der Waals surface area contributed by atoms with Crippen molar-refractivity contribution < 1.29 is 9.90 Å². The number of nitrogens with zero attached hydrogens (tertiary/aromatic N) is 1. The summed E-state index contributed by atoms with van der Waals surface area (Å²) in [4.78, 5) is 16.5. The highest BCUT2D eigenvalue weighted by atomic mass is 35.5. The molecule has 2 aromatic carbocycles. The number of carboxylic acids is 1. The Balaban J connectivity index is 0.00000182. The Kier molecular flexibility index (Phi) is 4.90. The fraction of sp³-hybridized carbons (Fsp3) is 0.300. The van der Waals surface area contributed by atoms with Gasteiger partial charge in [0.15, 0.2) is 0 Å². The molecule has 1 heterocycles. The van der Waals surface area contributed by atoms with E-state index >= 15 is 0 Å². The first-order valence-corrected chi connectivity index (χ1v) is 8.68. The molecule has 2 aliphatic rings. The molecule has 0 aromatic heterocycles. The number of hydrogen-bond acceptors (Lipinski definition) is 2. The summed E-state index contributed by atoms with van der Waals surface area (Å²) in [5.41, 5.74) is 4.24. The summed E-state index contributed by atoms with van der Waals surface area (Å²) in [5, 5.41) is 10.1. The van der Waals surface area contributed by atoms with Crippen molar-refractivity contribution in [1.82, 2.24) is 0 Å². The third kappa shape index (κ3) is 2.86. The normalized spacial score (nSPS) is 20.9. The van der Waals surface area contributed by atoms with Crippen LogP contribution < -0.4 is 0 Å². The van der Waals surface area contributed by atoms with Crippen molar-refractivity contribution in [1.29, 1.82) is 0 Å². The van der Waals surface area contributed by atoms with Crippen molar-refractivity contribution in [3.05, 3.63) is 64.2 Å². The molecule has 1 aliphatic carbocycles. The first kappa shape index (κ1) is 18.0. The highest BCUT2D eigenvalue weighted by molar-refractivity contribution is 6.32. The summed E-state index contributed by atoms with van der Waals surface area (Å²) in [5.74, 6) is -0.926. The third-order valence-electron chi connectivity index (χ3n) is 5.32. The monoisotopic (exact) mass is 375 g/mol. The summed E-state index contributed by atoms with van der Waals surface area (Å²) < 4.78 is 0. The van der Waals surface area contributed by atoms with Gasteiger partial charge in [-0.25, -0.2) is 4.79 Å². The van der Waals surface area contributed by atoms with Crippen molar-refractivity contribution >= 4 is 41.4 Å². The van der Waals surface area contributed by atoms with Crippen LogP contribution in [0.3, 0.4) is 0 Å². The maximum absolute atomic E-state index is 11.7. The topological polar surface area (TPSA) is 49.7 Å². The summed E-state index contributed by atoms with van der Waals surface area (Å²) in [6.07, 6.45) is 4.84. The minimum atomic E-state index is -0.926. The largest absolute Gasteiger partial charge is 0.478 e. The Labute approximate surface area is 158 Å². The molecule has 1 N–H and O–H groups in total. The fourth-order valence-corrected chi connectivity index (χ4v) is 4.44. The first-order valence-electron chi connectivity index (χ1n) is 8.30. The summed E-state index contributed by atoms with van der Waals surface area (Å²) in [6.45, 7) is 0. The molecule has 4 rings (SSSR count). The number of para-hydroxylation sites is 1. The molecule has 1 saturated carbocycles. The zero-order valence-corrected chi connectivity index (χ0v) is 15.2. The predicted octanol–water partition coefficient (Wildman–Crippen LogP) is 5.60. The molecule has 0 saturated heterocycles. The smallest absolute Gasteiger partial charge is 0.336 e. The summed E-state index contributed by atoms with van der Waals surface area (Å²) >= 11 is 6.40. The number of halogens is 2. The van der Waals surface area contributed by atoms with E-state index in [4.69, 9.17) is 16.6 Å². The van der Waals surface area contributed by atoms with E-state index in [-0.39, 0.29) is 17.8 Å². The van der Waals surface area contributed by atoms with Gasteiger partial charge in [-0.3, -0.25) is 4.99 Å². The lowest BCUT2D eigenvalue weighted by molar-refractivity contribution is 0.0695. The SMILES string of the molecule is Cl.O=C(O)c1cccc(Cl)c1CC12CCCCC1=Nc1ccccc12. The second-order valence-corrected chi connectivity index (χ2v) is 7.02. The van der Waals surface area contributed by atoms with Gasteiger partial charge in [0.2, 0.25) is 0 Å². The van der Waals surface area contributed by atoms with E-state index in [0.717, 1.165) is 36.9 Å². The Morgan fingerprint density at radius 3 is 2.76 bits per heavy atom. The van der Waals surface area contributed by atoms with Gasteiger partial charge >= 0.3 is 5.97 Å². The van der Waals surface area contributed by atoms with Crippen molar-refractivity contribution in [3.63, 3.8) is 0 Å². The number of rotatable bonds is 3. The fourth-order valence-electron chi connectivity index (χ4n) is 4.20. The van der Waals surface area contributed by atoms with Crippen LogP contribution in [0.25, 0.3) is 0 Å². The van der Waals surface area contributed by atoms with Gasteiger partial charge in [0.25, 0.3) is 0 Å². The van der Waals surface area contributed by atoms with Gasteiger partial charge in [-0.15, -0.1) is 12.4 Å². The Morgan fingerprint density at radius 1 is 1.16 bits per heavy atom. The molecule has 0 bridgehead atoms. The standard InChI is InChI=1S/C20H18ClNO2.ClH/c21-16-8-5-6-13(19(23)24)14(16)12-20-11-4-3-10-18(20)22-17-9-2-1-7-15(17)20;/h1-2,5-9H,3-4,10-12H2,(H,23,24);1H. The molecule has 0 spiro atoms. The van der Waals surface area contributed by atoms with E-state index in [1.807, 2.05) is 18.2 Å². The molecular formula is C20H19Cl2NO2. The highest BCUT2D eigenvalue weighted by Crippen LogP contribution is 2.49. The van der Waals surface area contributed by atoms with Gasteiger partial charge in [-0.2, -0.15) is 0 Å². The van der Waals surface area contributed by atoms with Crippen LogP contribution in [0.2, 0.25) is 5.02 Å². The van der Waals surface area contributed by atoms with Crippen LogP contribution in [0.1, 0.15) is 47.2 Å². The van der Waals surface area contributed by atoms with Gasteiger partial charge < -0.3 is 5.11 Å². The number of benzene rings is 2. The Morgan fingerprint density at radius 2 is 1.96 bits per heavy atom. The number of aliphatic imine (C=N–C) groups is 1. The average molecular weight is 376 g/mol. The molecule has 1 fully saturated rings. The van der Waals surface area contributed by atoms with E-state index in [9.17, 15) is 9.90 Å². The van der Waals surface area contributed by atoms with Gasteiger partial charge in [0.1, 0.15) is 0 Å². The van der Waals surface area contributed by atoms with E-state index in [0.29, 0.717) is 17.0 Å². The number of aromatic carboxylic acids is 1. The van der Waals surface area contributed by atoms with Gasteiger partial charge in [-0.05, 0) is 55.0 Å². The van der Waals surface area contributed by atoms with E-state index in [1.54, 1.807) is 18.2 Å². The molecule has 1 atom stereocenters. The number of carboxylic acid groups (broad SMARTS) is 1. The Bertz CT molecular complexity index is 863. The summed E-state index contributed by atoms with van der Waals surface area (Å²) in [7, 11) is 0. The number of hydrogen-bond donors (Lipinski definition) is 1. The van der Waals surface area contributed by atoms with Crippen molar-refractivity contribution in [2.45, 2.75) is 37.5 Å². The molecule has 0 amide bonds. The first-order chi connectivity index (χ1) is 11.6. The second kappa shape index (κ2) is 6.81. The second-order valence-electron chi connectivity index (χ2n) is 6.61. The van der Waals surface area contributed by atoms with Gasteiger partial charge in [0.05, 0.1) is 11.3 Å². The van der Waals surface area contributed by atoms with Crippen LogP contribution in [-0.4, -0.2) is 16.8 Å². The summed E-state index contributed by atoms with van der Waals surface area (Å²) in [6, 6.07) is 13.3. The van der Waals surface area contributed by atoms with E-state index in [1.165, 1.54) is 11.3 Å². The zero-order valence-electron chi connectivity index (χ0n) is 13.7. The van der Waals surface area contributed by atoms with E-state index < -0.39 is 5.97 Å². The van der Waals surface area contributed by atoms with Crippen molar-refractivity contribution in [3.8, 4) is 0 Å². The lowest BCUT2D eigenvalue weighted by Gasteiger charge is -2.36. The molecular weight excluding hydrogens is 357 g/mol. The molecule has 1 aliphatic heterocycles. The maximum atomic E-state index is 11.7. The number of carbonyl (C=O) groups is 1. The highest BCUT2D eigenvalue weighted by Gasteiger charge is 2.45. The molecule has 5 heteroatoms. The van der Waals surface area contributed by atoms with Crippen LogP contribution in [0.5, 0.6) is 0 Å². The average Bonchev–Trinajstić information content (AvgIpc) is 2.91. The minimum absolute atomic E-state index is 0. The van der Waals surface area contributed by atoms with Crippen LogP contribution in [0.4, 0.5) is 5.69 Å². The van der Waals surface area contributed by atoms with Crippen molar-refractivity contribution in [2.24, 2.45) is 4.99 Å². The molecule has 0 radical (unpaired) electrons. The van der Waals surface area contributed by atoms with E-state index in [2.05, 4.69) is 6.07 Å². The maximum Gasteiger partial charge on any atom is 0.336 e. The lowest BCUT2D eigenvalue weighted by atomic mass is 9.65. The van der Waals surface area contributed by atoms with Crippen LogP contribution in [0, 0.1) is 0 Å². The molecule has 25 heavy (non-hydrogen) atoms. The van der Waals surface area contributed by atoms with Gasteiger partial charge in [-0.1, -0.05) is 42.3 Å². The third-order valence-corrected chi connectivity index (χ3v) is 5.68. The number of fused-ring (bicyclic) bond motifs is 3. The van der Waals surface area contributed by atoms with Crippen LogP contribution >= 0.6 is 24.0 Å². The van der Waals surface area contributed by atoms with Crippen LogP contribution in [0.15, 0.2) is 47.5 Å². The quantitative estimate of drug-likeness (QED) is 0.758. The molecule has 130 valence electrons. The van der Waals surface area contributed by atoms with Crippen LogP contribution in [-0.2, 0) is 11.8 Å². The van der Waals surface area contributed by atoms with Crippen molar-refractivity contribution in [2.75, 3.05) is 0 Å². The zero-order chi connectivity index (χ0) is 16.7. The lowest BCUT2D eigenvalue weighted by Crippen LogP contribution is -2.38. The van der Waals surface area contributed by atoms with Gasteiger partial charge in [0, 0.05) is 16.1 Å². The Hall–Kier alpha value is -1.84.